The molecule has 1 unspecified atom stereocenters. The molecule has 0 aliphatic carbocycles. The maximum atomic E-state index is 13.3. The summed E-state index contributed by atoms with van der Waals surface area (Å²) in [6.45, 7) is 0. The molecule has 22 heavy (non-hydrogen) atoms. The lowest BCUT2D eigenvalue weighted by Gasteiger charge is -2.12. The molecule has 0 spiro atoms. The maximum Gasteiger partial charge on any atom is 0.123 e. The Labute approximate surface area is 130 Å². The minimum atomic E-state index is -0.215. The average molecular weight is 291 g/mol. The first-order valence-corrected chi connectivity index (χ1v) is 7.38. The second-order valence-corrected chi connectivity index (χ2v) is 5.43. The van der Waals surface area contributed by atoms with Gasteiger partial charge in [0.05, 0.1) is 0 Å². The van der Waals surface area contributed by atoms with Crippen LogP contribution < -0.4 is 5.73 Å². The molecule has 1 atom stereocenters. The monoisotopic (exact) mass is 291 g/mol. The summed E-state index contributed by atoms with van der Waals surface area (Å²) in [5, 5.41) is 0. The van der Waals surface area contributed by atoms with E-state index in [1.165, 1.54) is 11.6 Å². The van der Waals surface area contributed by atoms with Crippen LogP contribution in [0.2, 0.25) is 0 Å². The molecule has 0 heterocycles. The molecule has 3 rings (SSSR count). The summed E-state index contributed by atoms with van der Waals surface area (Å²) in [7, 11) is 0. The van der Waals surface area contributed by atoms with Crippen LogP contribution in [0.4, 0.5) is 4.39 Å². The van der Waals surface area contributed by atoms with Gasteiger partial charge in [-0.15, -0.1) is 0 Å². The molecule has 3 aromatic carbocycles. The Balaban J connectivity index is 1.74. The molecule has 3 aromatic rings. The van der Waals surface area contributed by atoms with Crippen molar-refractivity contribution in [3.8, 4) is 11.1 Å². The minimum Gasteiger partial charge on any atom is -0.324 e. The van der Waals surface area contributed by atoms with Crippen LogP contribution in [0.5, 0.6) is 0 Å². The second-order valence-electron chi connectivity index (χ2n) is 5.43. The van der Waals surface area contributed by atoms with Gasteiger partial charge in [0.2, 0.25) is 0 Å². The van der Waals surface area contributed by atoms with Gasteiger partial charge in [-0.3, -0.25) is 0 Å². The number of rotatable bonds is 4. The van der Waals surface area contributed by atoms with Gasteiger partial charge in [-0.2, -0.15) is 0 Å². The zero-order valence-electron chi connectivity index (χ0n) is 12.2. The highest BCUT2D eigenvalue weighted by molar-refractivity contribution is 5.63. The highest BCUT2D eigenvalue weighted by Gasteiger charge is 2.07. The molecule has 0 saturated carbocycles. The Hall–Kier alpha value is -2.45. The van der Waals surface area contributed by atoms with Crippen LogP contribution in [0.15, 0.2) is 78.9 Å². The average Bonchev–Trinajstić information content (AvgIpc) is 2.56. The zero-order valence-corrected chi connectivity index (χ0v) is 12.2. The van der Waals surface area contributed by atoms with Gasteiger partial charge in [0.15, 0.2) is 0 Å². The Bertz CT molecular complexity index is 735. The second kappa shape index (κ2) is 6.54. The van der Waals surface area contributed by atoms with Crippen molar-refractivity contribution >= 4 is 0 Å². The first-order chi connectivity index (χ1) is 10.7. The molecule has 2 heteroatoms. The molecule has 0 saturated heterocycles. The van der Waals surface area contributed by atoms with E-state index in [0.717, 1.165) is 23.1 Å². The predicted molar refractivity (Wildman–Crippen MR) is 88.9 cm³/mol. The van der Waals surface area contributed by atoms with Crippen molar-refractivity contribution in [2.75, 3.05) is 0 Å². The molecule has 110 valence electrons. The van der Waals surface area contributed by atoms with Crippen molar-refractivity contribution in [1.29, 1.82) is 0 Å². The largest absolute Gasteiger partial charge is 0.324 e. The van der Waals surface area contributed by atoms with Gasteiger partial charge >= 0.3 is 0 Å². The van der Waals surface area contributed by atoms with Crippen LogP contribution in [0.1, 0.15) is 17.2 Å². The topological polar surface area (TPSA) is 26.0 Å². The molecular weight excluding hydrogens is 273 g/mol. The summed E-state index contributed by atoms with van der Waals surface area (Å²) in [5.41, 5.74) is 10.5. The third kappa shape index (κ3) is 3.41. The van der Waals surface area contributed by atoms with Crippen molar-refractivity contribution < 1.29 is 4.39 Å². The normalized spacial score (nSPS) is 12.1. The fourth-order valence-corrected chi connectivity index (χ4v) is 2.57. The van der Waals surface area contributed by atoms with E-state index in [9.17, 15) is 4.39 Å². The predicted octanol–water partition coefficient (Wildman–Crippen LogP) is 4.74. The maximum absolute atomic E-state index is 13.3. The van der Waals surface area contributed by atoms with E-state index in [2.05, 4.69) is 12.1 Å². The standard InChI is InChI=1S/C20H18FN/c21-19-8-4-7-18(14-19)16-11-9-15(10-12-16)13-20(22)17-5-2-1-3-6-17/h1-12,14,20H,13,22H2. The fraction of sp³-hybridized carbons (Fsp3) is 0.100. The minimum absolute atomic E-state index is 0.0128. The smallest absolute Gasteiger partial charge is 0.123 e. The van der Waals surface area contributed by atoms with Crippen molar-refractivity contribution in [2.24, 2.45) is 5.73 Å². The van der Waals surface area contributed by atoms with E-state index >= 15 is 0 Å². The number of halogens is 1. The van der Waals surface area contributed by atoms with Crippen LogP contribution in [-0.4, -0.2) is 0 Å². The summed E-state index contributed by atoms with van der Waals surface area (Å²) in [4.78, 5) is 0. The highest BCUT2D eigenvalue weighted by atomic mass is 19.1. The van der Waals surface area contributed by atoms with Crippen molar-refractivity contribution in [1.82, 2.24) is 0 Å². The summed E-state index contributed by atoms with van der Waals surface area (Å²) in [5.74, 6) is -0.215. The van der Waals surface area contributed by atoms with Gasteiger partial charge in [0, 0.05) is 6.04 Å². The summed E-state index contributed by atoms with van der Waals surface area (Å²) < 4.78 is 13.3. The first-order valence-electron chi connectivity index (χ1n) is 7.38. The van der Waals surface area contributed by atoms with Gasteiger partial charge in [0.1, 0.15) is 5.82 Å². The zero-order chi connectivity index (χ0) is 15.4. The molecule has 2 N–H and O–H groups in total. The Morgan fingerprint density at radius 3 is 2.18 bits per heavy atom. The SMILES string of the molecule is NC(Cc1ccc(-c2cccc(F)c2)cc1)c1ccccc1. The lowest BCUT2D eigenvalue weighted by molar-refractivity contribution is 0.628. The van der Waals surface area contributed by atoms with Crippen LogP contribution in [0.25, 0.3) is 11.1 Å². The highest BCUT2D eigenvalue weighted by Crippen LogP contribution is 2.22. The molecule has 0 radical (unpaired) electrons. The lowest BCUT2D eigenvalue weighted by Crippen LogP contribution is -2.13. The molecule has 0 aromatic heterocycles. The van der Waals surface area contributed by atoms with Crippen molar-refractivity contribution in [2.45, 2.75) is 12.5 Å². The van der Waals surface area contributed by atoms with Crippen LogP contribution in [0.3, 0.4) is 0 Å². The summed E-state index contributed by atoms with van der Waals surface area (Å²) in [6.07, 6.45) is 0.785. The molecule has 1 nitrogen and oxygen atoms in total. The third-order valence-corrected chi connectivity index (χ3v) is 3.80. The van der Waals surface area contributed by atoms with Gasteiger partial charge in [-0.25, -0.2) is 4.39 Å². The van der Waals surface area contributed by atoms with E-state index in [1.807, 2.05) is 48.5 Å². The molecule has 0 amide bonds. The van der Waals surface area contributed by atoms with Gasteiger partial charge in [0.25, 0.3) is 0 Å². The Morgan fingerprint density at radius 2 is 1.50 bits per heavy atom. The van der Waals surface area contributed by atoms with E-state index < -0.39 is 0 Å². The van der Waals surface area contributed by atoms with Gasteiger partial charge < -0.3 is 5.73 Å². The van der Waals surface area contributed by atoms with Crippen LogP contribution in [-0.2, 0) is 6.42 Å². The molecule has 0 aliphatic rings. The summed E-state index contributed by atoms with van der Waals surface area (Å²) >= 11 is 0. The van der Waals surface area contributed by atoms with E-state index in [1.54, 1.807) is 12.1 Å². The fourth-order valence-electron chi connectivity index (χ4n) is 2.57. The summed E-state index contributed by atoms with van der Waals surface area (Å²) in [6, 6.07) is 24.9. The molecule has 0 bridgehead atoms. The van der Waals surface area contributed by atoms with E-state index in [0.29, 0.717) is 0 Å². The van der Waals surface area contributed by atoms with Crippen LogP contribution >= 0.6 is 0 Å². The number of hydrogen-bond donors (Lipinski definition) is 1. The molecule has 0 fully saturated rings. The first kappa shape index (κ1) is 14.5. The Morgan fingerprint density at radius 1 is 0.773 bits per heavy atom. The third-order valence-electron chi connectivity index (χ3n) is 3.80. The number of hydrogen-bond acceptors (Lipinski definition) is 1. The van der Waals surface area contributed by atoms with Crippen LogP contribution in [0, 0.1) is 5.82 Å². The van der Waals surface area contributed by atoms with Gasteiger partial charge in [-0.1, -0.05) is 66.7 Å². The molecular formula is C20H18FN. The number of nitrogens with two attached hydrogens (primary N) is 1. The Kier molecular flexibility index (Phi) is 4.31. The molecule has 0 aliphatic heterocycles. The lowest BCUT2D eigenvalue weighted by atomic mass is 9.97. The van der Waals surface area contributed by atoms with Crippen molar-refractivity contribution in [3.63, 3.8) is 0 Å². The van der Waals surface area contributed by atoms with E-state index in [4.69, 9.17) is 5.73 Å². The van der Waals surface area contributed by atoms with Crippen molar-refractivity contribution in [3.05, 3.63) is 95.8 Å². The van der Waals surface area contributed by atoms with Gasteiger partial charge in [-0.05, 0) is 40.8 Å². The van der Waals surface area contributed by atoms with E-state index in [-0.39, 0.29) is 11.9 Å². The number of benzene rings is 3. The quantitative estimate of drug-likeness (QED) is 0.738.